The minimum absolute atomic E-state index is 0.0163. The molecule has 1 unspecified atom stereocenters. The van der Waals surface area contributed by atoms with Crippen LogP contribution >= 0.6 is 0 Å². The Balaban J connectivity index is 2.47. The van der Waals surface area contributed by atoms with E-state index in [1.807, 2.05) is 6.92 Å². The molecule has 1 heterocycles. The number of ether oxygens (including phenoxy) is 1. The van der Waals surface area contributed by atoms with Crippen molar-refractivity contribution in [3.8, 4) is 0 Å². The zero-order valence-electron chi connectivity index (χ0n) is 8.23. The van der Waals surface area contributed by atoms with Gasteiger partial charge in [-0.25, -0.2) is 0 Å². The summed E-state index contributed by atoms with van der Waals surface area (Å²) in [4.78, 5) is 23.7. The van der Waals surface area contributed by atoms with Crippen LogP contribution < -0.4 is 0 Å². The second-order valence-electron chi connectivity index (χ2n) is 3.51. The number of carbonyl (C=O) groups is 2. The maximum absolute atomic E-state index is 11.3. The van der Waals surface area contributed by atoms with Gasteiger partial charge in [-0.05, 0) is 12.3 Å². The third-order valence-corrected chi connectivity index (χ3v) is 2.17. The smallest absolute Gasteiger partial charge is 0.255 e. The van der Waals surface area contributed by atoms with E-state index in [9.17, 15) is 9.59 Å². The lowest BCUT2D eigenvalue weighted by Crippen LogP contribution is -2.47. The number of carbonyl (C=O) groups excluding carboxylic acids is 2. The van der Waals surface area contributed by atoms with Crippen molar-refractivity contribution < 1.29 is 19.4 Å². The third-order valence-electron chi connectivity index (χ3n) is 2.17. The third kappa shape index (κ3) is 2.78. The van der Waals surface area contributed by atoms with Crippen molar-refractivity contribution in [3.05, 3.63) is 0 Å². The molecular formula is C9H15NO4. The van der Waals surface area contributed by atoms with Gasteiger partial charge in [-0.3, -0.25) is 14.5 Å². The summed E-state index contributed by atoms with van der Waals surface area (Å²) in [5, 5.41) is 8.68. The molecule has 1 N–H and O–H groups in total. The minimum atomic E-state index is -0.286. The topological polar surface area (TPSA) is 66.8 Å². The van der Waals surface area contributed by atoms with Crippen LogP contribution in [0.2, 0.25) is 0 Å². The summed E-state index contributed by atoms with van der Waals surface area (Å²) in [7, 11) is 0. The first-order valence-corrected chi connectivity index (χ1v) is 4.67. The van der Waals surface area contributed by atoms with E-state index in [0.29, 0.717) is 13.0 Å². The number of hydrogen-bond acceptors (Lipinski definition) is 4. The van der Waals surface area contributed by atoms with Crippen molar-refractivity contribution in [2.24, 2.45) is 5.92 Å². The lowest BCUT2D eigenvalue weighted by Gasteiger charge is -2.27. The Morgan fingerprint density at radius 2 is 2.00 bits per heavy atom. The van der Waals surface area contributed by atoms with Crippen LogP contribution in [-0.2, 0) is 14.3 Å². The number of hydrogen-bond donors (Lipinski definition) is 1. The van der Waals surface area contributed by atoms with Gasteiger partial charge in [0.1, 0.15) is 13.2 Å². The standard InChI is InChI=1S/C9H15NO4/c1-7(2-3-11)4-10-8(12)5-14-6-9(10)13/h7,11H,2-6H2,1H3. The normalized spacial score (nSPS) is 20.0. The summed E-state index contributed by atoms with van der Waals surface area (Å²) < 4.78 is 4.78. The van der Waals surface area contributed by atoms with E-state index < -0.39 is 0 Å². The zero-order chi connectivity index (χ0) is 10.6. The number of nitrogens with zero attached hydrogens (tertiary/aromatic N) is 1. The van der Waals surface area contributed by atoms with Gasteiger partial charge in [-0.2, -0.15) is 0 Å². The van der Waals surface area contributed by atoms with Crippen molar-refractivity contribution in [2.75, 3.05) is 26.4 Å². The number of imide groups is 1. The summed E-state index contributed by atoms with van der Waals surface area (Å²) in [6.07, 6.45) is 0.595. The molecule has 5 nitrogen and oxygen atoms in total. The Morgan fingerprint density at radius 1 is 1.43 bits per heavy atom. The molecule has 1 aliphatic rings. The van der Waals surface area contributed by atoms with Crippen LogP contribution in [0.15, 0.2) is 0 Å². The van der Waals surface area contributed by atoms with Crippen LogP contribution in [-0.4, -0.2) is 48.2 Å². The van der Waals surface area contributed by atoms with E-state index in [2.05, 4.69) is 0 Å². The van der Waals surface area contributed by atoms with E-state index in [-0.39, 0.29) is 37.6 Å². The van der Waals surface area contributed by atoms with Crippen molar-refractivity contribution in [1.82, 2.24) is 4.90 Å². The SMILES string of the molecule is CC(CCO)CN1C(=O)COCC1=O. The van der Waals surface area contributed by atoms with E-state index >= 15 is 0 Å². The molecule has 1 fully saturated rings. The minimum Gasteiger partial charge on any atom is -0.396 e. The highest BCUT2D eigenvalue weighted by molar-refractivity contribution is 5.98. The van der Waals surface area contributed by atoms with Crippen LogP contribution in [0.5, 0.6) is 0 Å². The molecule has 0 spiro atoms. The number of morpholine rings is 1. The first kappa shape index (κ1) is 11.1. The Morgan fingerprint density at radius 3 is 2.50 bits per heavy atom. The van der Waals surface area contributed by atoms with Crippen molar-refractivity contribution in [1.29, 1.82) is 0 Å². The number of aliphatic hydroxyl groups excluding tert-OH is 1. The first-order chi connectivity index (χ1) is 6.65. The van der Waals surface area contributed by atoms with Crippen LogP contribution in [0.25, 0.3) is 0 Å². The predicted molar refractivity (Wildman–Crippen MR) is 48.4 cm³/mol. The molecule has 1 saturated heterocycles. The molecule has 1 atom stereocenters. The fourth-order valence-electron chi connectivity index (χ4n) is 1.35. The Kier molecular flexibility index (Phi) is 4.03. The average molecular weight is 201 g/mol. The van der Waals surface area contributed by atoms with Crippen LogP contribution in [0.4, 0.5) is 0 Å². The van der Waals surface area contributed by atoms with E-state index in [4.69, 9.17) is 9.84 Å². The highest BCUT2D eigenvalue weighted by Gasteiger charge is 2.27. The monoisotopic (exact) mass is 201 g/mol. The van der Waals surface area contributed by atoms with E-state index in [1.165, 1.54) is 4.90 Å². The molecule has 0 bridgehead atoms. The van der Waals surface area contributed by atoms with Gasteiger partial charge in [0.05, 0.1) is 0 Å². The summed E-state index contributed by atoms with van der Waals surface area (Å²) >= 11 is 0. The molecule has 0 aliphatic carbocycles. The summed E-state index contributed by atoms with van der Waals surface area (Å²) in [5.74, 6) is -0.442. The zero-order valence-corrected chi connectivity index (χ0v) is 8.23. The van der Waals surface area contributed by atoms with Crippen molar-refractivity contribution >= 4 is 11.8 Å². The molecule has 2 amide bonds. The maximum Gasteiger partial charge on any atom is 0.255 e. The van der Waals surface area contributed by atoms with Gasteiger partial charge < -0.3 is 9.84 Å². The van der Waals surface area contributed by atoms with Gasteiger partial charge in [-0.15, -0.1) is 0 Å². The van der Waals surface area contributed by atoms with Gasteiger partial charge in [-0.1, -0.05) is 6.92 Å². The van der Waals surface area contributed by atoms with E-state index in [1.54, 1.807) is 0 Å². The fraction of sp³-hybridized carbons (Fsp3) is 0.778. The van der Waals surface area contributed by atoms with Gasteiger partial charge in [0.15, 0.2) is 0 Å². The highest BCUT2D eigenvalue weighted by Crippen LogP contribution is 2.08. The largest absolute Gasteiger partial charge is 0.396 e. The van der Waals surface area contributed by atoms with Gasteiger partial charge >= 0.3 is 0 Å². The number of aliphatic hydroxyl groups is 1. The van der Waals surface area contributed by atoms with Gasteiger partial charge in [0.2, 0.25) is 0 Å². The molecule has 0 radical (unpaired) electrons. The lowest BCUT2D eigenvalue weighted by atomic mass is 10.1. The molecule has 14 heavy (non-hydrogen) atoms. The van der Waals surface area contributed by atoms with E-state index in [0.717, 1.165) is 0 Å². The van der Waals surface area contributed by atoms with Gasteiger partial charge in [0, 0.05) is 13.2 Å². The van der Waals surface area contributed by atoms with Gasteiger partial charge in [0.25, 0.3) is 11.8 Å². The molecule has 0 saturated carbocycles. The molecule has 0 aromatic heterocycles. The molecule has 5 heteroatoms. The summed E-state index contributed by atoms with van der Waals surface area (Å²) in [5.41, 5.74) is 0. The van der Waals surface area contributed by atoms with Crippen LogP contribution in [0, 0.1) is 5.92 Å². The summed E-state index contributed by atoms with van der Waals surface area (Å²) in [6.45, 7) is 2.32. The summed E-state index contributed by atoms with van der Waals surface area (Å²) in [6, 6.07) is 0. The molecular weight excluding hydrogens is 186 g/mol. The Hall–Kier alpha value is -0.940. The molecule has 1 aliphatic heterocycles. The van der Waals surface area contributed by atoms with Crippen LogP contribution in [0.1, 0.15) is 13.3 Å². The highest BCUT2D eigenvalue weighted by atomic mass is 16.5. The Labute approximate surface area is 82.6 Å². The molecule has 1 rings (SSSR count). The second-order valence-corrected chi connectivity index (χ2v) is 3.51. The predicted octanol–water partition coefficient (Wildman–Crippen LogP) is -0.610. The number of amides is 2. The number of rotatable bonds is 4. The molecule has 0 aromatic rings. The second kappa shape index (κ2) is 5.07. The van der Waals surface area contributed by atoms with Crippen LogP contribution in [0.3, 0.4) is 0 Å². The fourth-order valence-corrected chi connectivity index (χ4v) is 1.35. The quantitative estimate of drug-likeness (QED) is 0.616. The van der Waals surface area contributed by atoms with Crippen molar-refractivity contribution in [3.63, 3.8) is 0 Å². The van der Waals surface area contributed by atoms with Crippen molar-refractivity contribution in [2.45, 2.75) is 13.3 Å². The average Bonchev–Trinajstić information content (AvgIpc) is 2.12. The molecule has 80 valence electrons. The maximum atomic E-state index is 11.3. The lowest BCUT2D eigenvalue weighted by molar-refractivity contribution is -0.159. The molecule has 0 aromatic carbocycles. The first-order valence-electron chi connectivity index (χ1n) is 4.67. The Bertz CT molecular complexity index is 213.